The van der Waals surface area contributed by atoms with Crippen molar-refractivity contribution in [2.45, 2.75) is 213 Å². The Morgan fingerprint density at radius 2 is 0.645 bits per heavy atom. The number of ether oxygens (including phenoxy) is 3. The number of hydrogen-bond donors (Lipinski definition) is 0. The summed E-state index contributed by atoms with van der Waals surface area (Å²) in [6, 6.07) is 0. The molecule has 0 aliphatic carbocycles. The van der Waals surface area contributed by atoms with Crippen LogP contribution in [-0.2, 0) is 28.6 Å². The van der Waals surface area contributed by atoms with Crippen molar-refractivity contribution in [1.29, 1.82) is 0 Å². The molecule has 62 heavy (non-hydrogen) atoms. The zero-order valence-electron chi connectivity index (χ0n) is 39.8. The van der Waals surface area contributed by atoms with E-state index in [1.807, 2.05) is 0 Å². The molecule has 6 nitrogen and oxygen atoms in total. The molecule has 0 spiro atoms. The highest BCUT2D eigenvalue weighted by atomic mass is 16.6. The lowest BCUT2D eigenvalue weighted by atomic mass is 10.0. The summed E-state index contributed by atoms with van der Waals surface area (Å²) in [7, 11) is 0. The average Bonchev–Trinajstić information content (AvgIpc) is 3.27. The minimum absolute atomic E-state index is 0.114. The van der Waals surface area contributed by atoms with E-state index < -0.39 is 6.10 Å². The van der Waals surface area contributed by atoms with Gasteiger partial charge in [0.1, 0.15) is 13.2 Å². The highest BCUT2D eigenvalue weighted by Crippen LogP contribution is 2.13. The van der Waals surface area contributed by atoms with Crippen molar-refractivity contribution in [2.24, 2.45) is 0 Å². The summed E-state index contributed by atoms with van der Waals surface area (Å²) in [4.78, 5) is 37.9. The quantitative estimate of drug-likeness (QED) is 0.0263. The fourth-order valence-corrected chi connectivity index (χ4v) is 6.35. The van der Waals surface area contributed by atoms with Crippen molar-refractivity contribution < 1.29 is 28.6 Å². The molecule has 0 radical (unpaired) electrons. The van der Waals surface area contributed by atoms with Crippen molar-refractivity contribution >= 4 is 17.9 Å². The van der Waals surface area contributed by atoms with E-state index in [1.165, 1.54) is 57.8 Å². The standard InChI is InChI=1S/C56H90O6/c1-4-7-10-13-16-19-22-25-27-28-30-32-35-38-41-44-47-50-56(59)62-53(51-60-54(57)48-45-42-39-36-33-24-21-18-15-12-9-6-3)52-61-55(58)49-46-43-40-37-34-31-29-26-23-20-17-14-11-8-5-2/h7-8,10-11,16-17,19-20,25-27,29-30,32,34,37-38,41,53H,4-6,9,12-15,18,21-24,28,31,33,35-36,39-40,42-52H2,1-3H3/b10-7-,11-8-,19-16-,20-17-,27-25-,29-26-,32-30-,37-34-,41-38-/t53-/m0/s1. The van der Waals surface area contributed by atoms with Gasteiger partial charge in [-0.3, -0.25) is 14.4 Å². The Balaban J connectivity index is 4.57. The minimum Gasteiger partial charge on any atom is -0.462 e. The van der Waals surface area contributed by atoms with E-state index in [2.05, 4.69) is 130 Å². The highest BCUT2D eigenvalue weighted by molar-refractivity contribution is 5.71. The molecule has 0 aliphatic rings. The minimum atomic E-state index is -0.824. The van der Waals surface area contributed by atoms with Crippen LogP contribution in [0.5, 0.6) is 0 Å². The number of rotatable bonds is 43. The first-order chi connectivity index (χ1) is 30.5. The highest BCUT2D eigenvalue weighted by Gasteiger charge is 2.19. The molecule has 0 aromatic carbocycles. The summed E-state index contributed by atoms with van der Waals surface area (Å²) in [6.45, 7) is 6.30. The van der Waals surface area contributed by atoms with E-state index >= 15 is 0 Å². The van der Waals surface area contributed by atoms with E-state index in [0.717, 1.165) is 96.3 Å². The normalized spacial score (nSPS) is 13.0. The predicted octanol–water partition coefficient (Wildman–Crippen LogP) is 16.4. The van der Waals surface area contributed by atoms with Crippen LogP contribution in [-0.4, -0.2) is 37.2 Å². The Labute approximate surface area is 380 Å². The molecule has 0 bridgehead atoms. The summed E-state index contributed by atoms with van der Waals surface area (Å²) in [6.07, 6.45) is 66.5. The SMILES string of the molecule is CC/C=C\C/C=C\C/C=C\C/C=C\C/C=C\CCCC(=O)O[C@H](COC(=O)CCCC/C=C\C/C=C\C/C=C\C/C=C\CC)COC(=O)CCCCCCCCCCCCCC. The van der Waals surface area contributed by atoms with Gasteiger partial charge in [0.25, 0.3) is 0 Å². The molecule has 6 heteroatoms. The molecule has 0 heterocycles. The van der Waals surface area contributed by atoms with Crippen LogP contribution in [0.3, 0.4) is 0 Å². The lowest BCUT2D eigenvalue weighted by molar-refractivity contribution is -0.167. The topological polar surface area (TPSA) is 78.9 Å². The Hall–Kier alpha value is -3.93. The van der Waals surface area contributed by atoms with E-state index in [0.29, 0.717) is 25.7 Å². The summed E-state index contributed by atoms with van der Waals surface area (Å²) in [5.41, 5.74) is 0. The maximum atomic E-state index is 12.8. The van der Waals surface area contributed by atoms with Crippen molar-refractivity contribution in [3.8, 4) is 0 Å². The molecule has 0 saturated carbocycles. The lowest BCUT2D eigenvalue weighted by Gasteiger charge is -2.18. The van der Waals surface area contributed by atoms with Crippen molar-refractivity contribution in [1.82, 2.24) is 0 Å². The van der Waals surface area contributed by atoms with Crippen molar-refractivity contribution in [3.63, 3.8) is 0 Å². The molecule has 0 aromatic rings. The molecule has 0 saturated heterocycles. The van der Waals surface area contributed by atoms with Gasteiger partial charge in [0, 0.05) is 19.3 Å². The average molecular weight is 859 g/mol. The van der Waals surface area contributed by atoms with E-state index in [9.17, 15) is 14.4 Å². The van der Waals surface area contributed by atoms with Crippen LogP contribution in [0.4, 0.5) is 0 Å². The first kappa shape index (κ1) is 58.1. The molecule has 0 aliphatic heterocycles. The molecule has 0 amide bonds. The van der Waals surface area contributed by atoms with Crippen molar-refractivity contribution in [2.75, 3.05) is 13.2 Å². The third kappa shape index (κ3) is 47.1. The summed E-state index contributed by atoms with van der Waals surface area (Å²) < 4.78 is 16.7. The van der Waals surface area contributed by atoms with Crippen LogP contribution in [0.1, 0.15) is 207 Å². The second-order valence-corrected chi connectivity index (χ2v) is 16.0. The van der Waals surface area contributed by atoms with Gasteiger partial charge in [-0.1, -0.05) is 201 Å². The van der Waals surface area contributed by atoms with Gasteiger partial charge in [0.05, 0.1) is 0 Å². The van der Waals surface area contributed by atoms with Crippen molar-refractivity contribution in [3.05, 3.63) is 109 Å². The zero-order valence-corrected chi connectivity index (χ0v) is 39.8. The van der Waals surface area contributed by atoms with Crippen LogP contribution in [0, 0.1) is 0 Å². The predicted molar refractivity (Wildman–Crippen MR) is 265 cm³/mol. The van der Waals surface area contributed by atoms with Crippen LogP contribution in [0.15, 0.2) is 109 Å². The van der Waals surface area contributed by atoms with Crippen LogP contribution in [0.25, 0.3) is 0 Å². The Bertz CT molecular complexity index is 1310. The van der Waals surface area contributed by atoms with Gasteiger partial charge < -0.3 is 14.2 Å². The number of esters is 3. The third-order valence-electron chi connectivity index (χ3n) is 10.0. The second-order valence-electron chi connectivity index (χ2n) is 16.0. The van der Waals surface area contributed by atoms with Crippen LogP contribution >= 0.6 is 0 Å². The summed E-state index contributed by atoms with van der Waals surface area (Å²) in [5, 5.41) is 0. The van der Waals surface area contributed by atoms with E-state index in [4.69, 9.17) is 14.2 Å². The van der Waals surface area contributed by atoms with Gasteiger partial charge in [-0.15, -0.1) is 0 Å². The fraction of sp³-hybridized carbons (Fsp3) is 0.625. The Morgan fingerprint density at radius 3 is 1.03 bits per heavy atom. The Kier molecular flexibility index (Phi) is 46.6. The van der Waals surface area contributed by atoms with Crippen LogP contribution < -0.4 is 0 Å². The molecular weight excluding hydrogens is 769 g/mol. The van der Waals surface area contributed by atoms with Crippen LogP contribution in [0.2, 0.25) is 0 Å². The lowest BCUT2D eigenvalue weighted by Crippen LogP contribution is -2.30. The zero-order chi connectivity index (χ0) is 45.1. The van der Waals surface area contributed by atoms with Gasteiger partial charge in [0.2, 0.25) is 0 Å². The maximum Gasteiger partial charge on any atom is 0.306 e. The number of unbranched alkanes of at least 4 members (excludes halogenated alkanes) is 14. The maximum absolute atomic E-state index is 12.8. The molecule has 0 rings (SSSR count). The molecular formula is C56H90O6. The Morgan fingerprint density at radius 1 is 0.339 bits per heavy atom. The largest absolute Gasteiger partial charge is 0.462 e. The molecule has 0 unspecified atom stereocenters. The monoisotopic (exact) mass is 859 g/mol. The van der Waals surface area contributed by atoms with Gasteiger partial charge >= 0.3 is 17.9 Å². The van der Waals surface area contributed by atoms with Gasteiger partial charge in [-0.2, -0.15) is 0 Å². The molecule has 350 valence electrons. The smallest absolute Gasteiger partial charge is 0.306 e. The number of allylic oxidation sites excluding steroid dienone is 18. The number of carbonyl (C=O) groups is 3. The number of hydrogen-bond acceptors (Lipinski definition) is 6. The molecule has 0 N–H and O–H groups in total. The first-order valence-electron chi connectivity index (χ1n) is 24.9. The second kappa shape index (κ2) is 49.7. The number of carbonyl (C=O) groups excluding carboxylic acids is 3. The molecule has 0 fully saturated rings. The summed E-state index contributed by atoms with van der Waals surface area (Å²) >= 11 is 0. The van der Waals surface area contributed by atoms with Gasteiger partial charge in [-0.05, 0) is 96.3 Å². The first-order valence-corrected chi connectivity index (χ1v) is 24.9. The van der Waals surface area contributed by atoms with E-state index in [-0.39, 0.29) is 37.5 Å². The third-order valence-corrected chi connectivity index (χ3v) is 10.0. The van der Waals surface area contributed by atoms with Gasteiger partial charge in [0.15, 0.2) is 6.10 Å². The fourth-order valence-electron chi connectivity index (χ4n) is 6.35. The molecule has 1 atom stereocenters. The summed E-state index contributed by atoms with van der Waals surface area (Å²) in [5.74, 6) is -1.02. The molecule has 0 aromatic heterocycles. The van der Waals surface area contributed by atoms with Gasteiger partial charge in [-0.25, -0.2) is 0 Å². The van der Waals surface area contributed by atoms with E-state index in [1.54, 1.807) is 0 Å².